The van der Waals surface area contributed by atoms with Gasteiger partial charge in [0.2, 0.25) is 0 Å². The third-order valence-corrected chi connectivity index (χ3v) is 4.87. The first-order valence-corrected chi connectivity index (χ1v) is 7.11. The molecule has 0 amide bonds. The largest absolute Gasteiger partial charge is 0.271 e. The van der Waals surface area contributed by atoms with Crippen LogP contribution in [0.4, 0.5) is 8.78 Å². The molecule has 1 aromatic rings. The molecule has 2 fully saturated rings. The van der Waals surface area contributed by atoms with Crippen molar-refractivity contribution in [1.29, 1.82) is 0 Å². The third-order valence-electron chi connectivity index (χ3n) is 4.87. The van der Waals surface area contributed by atoms with E-state index < -0.39 is 11.6 Å². The topological polar surface area (TPSA) is 38.0 Å². The van der Waals surface area contributed by atoms with E-state index in [-0.39, 0.29) is 6.04 Å². The fraction of sp³-hybridized carbons (Fsp3) is 0.600. The van der Waals surface area contributed by atoms with Gasteiger partial charge in [-0.1, -0.05) is 25.0 Å². The lowest BCUT2D eigenvalue weighted by Crippen LogP contribution is -2.39. The van der Waals surface area contributed by atoms with Gasteiger partial charge in [-0.25, -0.2) is 8.78 Å². The Labute approximate surface area is 112 Å². The summed E-state index contributed by atoms with van der Waals surface area (Å²) in [6.45, 7) is 0. The van der Waals surface area contributed by atoms with Gasteiger partial charge < -0.3 is 0 Å². The zero-order chi connectivity index (χ0) is 13.4. The van der Waals surface area contributed by atoms with Crippen LogP contribution in [0.15, 0.2) is 18.2 Å². The Bertz CT molecular complexity index is 451. The van der Waals surface area contributed by atoms with Gasteiger partial charge in [0.1, 0.15) is 0 Å². The van der Waals surface area contributed by atoms with E-state index in [2.05, 4.69) is 5.43 Å². The Hall–Kier alpha value is -1.00. The Morgan fingerprint density at radius 2 is 1.89 bits per heavy atom. The second-order valence-electron chi connectivity index (χ2n) is 5.88. The molecule has 0 heterocycles. The van der Waals surface area contributed by atoms with Gasteiger partial charge in [0, 0.05) is 6.04 Å². The number of fused-ring (bicyclic) bond motifs is 1. The summed E-state index contributed by atoms with van der Waals surface area (Å²) in [5.41, 5.74) is 3.25. The highest BCUT2D eigenvalue weighted by Gasteiger charge is 2.53. The van der Waals surface area contributed by atoms with Gasteiger partial charge in [0.25, 0.3) is 0 Å². The number of nitrogens with two attached hydrogens (primary N) is 1. The molecule has 0 spiro atoms. The van der Waals surface area contributed by atoms with Crippen LogP contribution in [0.5, 0.6) is 0 Å². The van der Waals surface area contributed by atoms with Gasteiger partial charge in [-0.3, -0.25) is 11.3 Å². The first-order valence-electron chi connectivity index (χ1n) is 7.11. The number of hydrazine groups is 1. The highest BCUT2D eigenvalue weighted by molar-refractivity contribution is 5.21. The molecular formula is C15H20F2N2. The van der Waals surface area contributed by atoms with E-state index in [0.29, 0.717) is 17.9 Å². The minimum Gasteiger partial charge on any atom is -0.271 e. The van der Waals surface area contributed by atoms with Crippen molar-refractivity contribution in [2.24, 2.45) is 23.6 Å². The van der Waals surface area contributed by atoms with E-state index in [4.69, 9.17) is 5.84 Å². The maximum absolute atomic E-state index is 13.7. The number of nitrogens with one attached hydrogen (secondary N) is 1. The van der Waals surface area contributed by atoms with Crippen molar-refractivity contribution >= 4 is 0 Å². The molecule has 3 N–H and O–H groups in total. The van der Waals surface area contributed by atoms with Gasteiger partial charge in [-0.15, -0.1) is 0 Å². The first-order chi connectivity index (χ1) is 9.22. The maximum atomic E-state index is 13.7. The Morgan fingerprint density at radius 3 is 2.53 bits per heavy atom. The van der Waals surface area contributed by atoms with Gasteiger partial charge in [-0.2, -0.15) is 0 Å². The second-order valence-corrected chi connectivity index (χ2v) is 5.88. The lowest BCUT2D eigenvalue weighted by molar-refractivity contribution is 0.423. The van der Waals surface area contributed by atoms with Gasteiger partial charge in [0.05, 0.1) is 0 Å². The molecule has 0 aliphatic heterocycles. The molecule has 2 aliphatic rings. The summed E-state index contributed by atoms with van der Waals surface area (Å²) in [6, 6.07) is 4.42. The fourth-order valence-corrected chi connectivity index (χ4v) is 3.89. The SMILES string of the molecule is NNC(Cc1cccc(F)c1F)C1C2CCCCC21. The molecule has 1 aromatic carbocycles. The second kappa shape index (κ2) is 5.17. The molecule has 4 heteroatoms. The summed E-state index contributed by atoms with van der Waals surface area (Å²) in [4.78, 5) is 0. The number of rotatable bonds is 4. The van der Waals surface area contributed by atoms with Crippen LogP contribution in [0.2, 0.25) is 0 Å². The fourth-order valence-electron chi connectivity index (χ4n) is 3.89. The maximum Gasteiger partial charge on any atom is 0.162 e. The average Bonchev–Trinajstić information content (AvgIpc) is 3.15. The highest BCUT2D eigenvalue weighted by atomic mass is 19.2. The van der Waals surface area contributed by atoms with Crippen LogP contribution < -0.4 is 11.3 Å². The summed E-state index contributed by atoms with van der Waals surface area (Å²) in [6.07, 6.45) is 5.59. The molecule has 104 valence electrons. The van der Waals surface area contributed by atoms with Gasteiger partial charge in [-0.05, 0) is 48.6 Å². The lowest BCUT2D eigenvalue weighted by atomic mass is 10.00. The van der Waals surface area contributed by atoms with Gasteiger partial charge >= 0.3 is 0 Å². The van der Waals surface area contributed by atoms with Crippen molar-refractivity contribution in [3.63, 3.8) is 0 Å². The molecule has 3 atom stereocenters. The standard InChI is InChI=1S/C15H20F2N2/c16-12-7-3-4-9(15(12)17)8-13(19-18)14-10-5-1-2-6-11(10)14/h3-4,7,10-11,13-14,19H,1-2,5-6,8,18H2. The molecule has 2 nitrogen and oxygen atoms in total. The summed E-state index contributed by atoms with van der Waals surface area (Å²) in [5, 5.41) is 0. The van der Waals surface area contributed by atoms with Crippen molar-refractivity contribution in [1.82, 2.24) is 5.43 Å². The van der Waals surface area contributed by atoms with Crippen molar-refractivity contribution in [2.45, 2.75) is 38.1 Å². The molecule has 19 heavy (non-hydrogen) atoms. The Morgan fingerprint density at radius 1 is 1.21 bits per heavy atom. The molecule has 0 saturated heterocycles. The summed E-state index contributed by atoms with van der Waals surface area (Å²) in [7, 11) is 0. The summed E-state index contributed by atoms with van der Waals surface area (Å²) >= 11 is 0. The van der Waals surface area contributed by atoms with E-state index in [9.17, 15) is 8.78 Å². The quantitative estimate of drug-likeness (QED) is 0.649. The van der Waals surface area contributed by atoms with Crippen molar-refractivity contribution in [3.05, 3.63) is 35.4 Å². The van der Waals surface area contributed by atoms with E-state index in [1.807, 2.05) is 0 Å². The zero-order valence-corrected chi connectivity index (χ0v) is 10.9. The molecular weight excluding hydrogens is 246 g/mol. The highest BCUT2D eigenvalue weighted by Crippen LogP contribution is 2.57. The van der Waals surface area contributed by atoms with Gasteiger partial charge in [0.15, 0.2) is 11.6 Å². The molecule has 2 aliphatic carbocycles. The molecule has 2 saturated carbocycles. The Kier molecular flexibility index (Phi) is 3.54. The number of halogens is 2. The van der Waals surface area contributed by atoms with Crippen molar-refractivity contribution < 1.29 is 8.78 Å². The molecule has 3 unspecified atom stereocenters. The number of hydrogen-bond acceptors (Lipinski definition) is 2. The van der Waals surface area contributed by atoms with E-state index in [0.717, 1.165) is 17.9 Å². The molecule has 0 radical (unpaired) electrons. The minimum absolute atomic E-state index is 0.0596. The van der Waals surface area contributed by atoms with Crippen LogP contribution in [-0.2, 0) is 6.42 Å². The first kappa shape index (κ1) is 13.0. The van der Waals surface area contributed by atoms with Crippen molar-refractivity contribution in [2.75, 3.05) is 0 Å². The smallest absolute Gasteiger partial charge is 0.162 e. The van der Waals surface area contributed by atoms with Crippen LogP contribution in [0.3, 0.4) is 0 Å². The van der Waals surface area contributed by atoms with E-state index in [1.165, 1.54) is 25.7 Å². The minimum atomic E-state index is -0.776. The molecule has 3 rings (SSSR count). The normalized spacial score (nSPS) is 30.8. The number of hydrogen-bond donors (Lipinski definition) is 2. The zero-order valence-electron chi connectivity index (χ0n) is 10.9. The third kappa shape index (κ3) is 2.39. The average molecular weight is 266 g/mol. The summed E-state index contributed by atoms with van der Waals surface area (Å²) < 4.78 is 26.9. The van der Waals surface area contributed by atoms with Crippen molar-refractivity contribution in [3.8, 4) is 0 Å². The van der Waals surface area contributed by atoms with E-state index >= 15 is 0 Å². The van der Waals surface area contributed by atoms with Crippen LogP contribution in [0, 0.1) is 29.4 Å². The van der Waals surface area contributed by atoms with Crippen LogP contribution in [0.25, 0.3) is 0 Å². The predicted octanol–water partition coefficient (Wildman–Crippen LogP) is 2.78. The monoisotopic (exact) mass is 266 g/mol. The lowest BCUT2D eigenvalue weighted by Gasteiger charge is -2.16. The van der Waals surface area contributed by atoms with Crippen LogP contribution >= 0.6 is 0 Å². The predicted molar refractivity (Wildman–Crippen MR) is 70.1 cm³/mol. The van der Waals surface area contributed by atoms with Crippen LogP contribution in [0.1, 0.15) is 31.2 Å². The summed E-state index contributed by atoms with van der Waals surface area (Å²) in [5.74, 6) is 6.15. The molecule has 0 aromatic heterocycles. The van der Waals surface area contributed by atoms with E-state index in [1.54, 1.807) is 12.1 Å². The van der Waals surface area contributed by atoms with Crippen LogP contribution in [-0.4, -0.2) is 6.04 Å². The Balaban J connectivity index is 1.72. The molecule has 0 bridgehead atoms. The number of benzene rings is 1.